The van der Waals surface area contributed by atoms with Crippen molar-refractivity contribution in [3.63, 3.8) is 0 Å². The Morgan fingerprint density at radius 3 is 2.32 bits per heavy atom. The highest BCUT2D eigenvalue weighted by atomic mass is 16.3. The second-order valence-corrected chi connectivity index (χ2v) is 12.5. The van der Waals surface area contributed by atoms with Crippen LogP contribution in [0.15, 0.2) is 0 Å². The number of hydrogen-bond acceptors (Lipinski definition) is 2. The third-order valence-corrected chi connectivity index (χ3v) is 10.4. The molecule has 4 saturated carbocycles. The van der Waals surface area contributed by atoms with Crippen molar-refractivity contribution in [3.8, 4) is 0 Å². The van der Waals surface area contributed by atoms with Gasteiger partial charge in [-0.05, 0) is 125 Å². The van der Waals surface area contributed by atoms with Gasteiger partial charge in [-0.3, -0.25) is 0 Å². The molecular weight excluding hydrogens is 344 g/mol. The molecule has 2 N–H and O–H groups in total. The lowest BCUT2D eigenvalue weighted by Gasteiger charge is -2.61. The summed E-state index contributed by atoms with van der Waals surface area (Å²) in [5.74, 6) is 4.53. The Hall–Kier alpha value is -0.0800. The van der Waals surface area contributed by atoms with Crippen LogP contribution in [0.3, 0.4) is 0 Å². The molecule has 162 valence electrons. The first-order valence-electron chi connectivity index (χ1n) is 12.5. The summed E-state index contributed by atoms with van der Waals surface area (Å²) in [6.45, 7) is 9.15. The van der Waals surface area contributed by atoms with Crippen LogP contribution < -0.4 is 0 Å². The lowest BCUT2D eigenvalue weighted by Crippen LogP contribution is -2.53. The maximum atomic E-state index is 10.2. The van der Waals surface area contributed by atoms with Gasteiger partial charge >= 0.3 is 0 Å². The van der Waals surface area contributed by atoms with E-state index >= 15 is 0 Å². The van der Waals surface area contributed by atoms with Crippen LogP contribution in [0.25, 0.3) is 0 Å². The minimum Gasteiger partial charge on any atom is -0.393 e. The largest absolute Gasteiger partial charge is 0.393 e. The van der Waals surface area contributed by atoms with E-state index in [-0.39, 0.29) is 6.10 Å². The van der Waals surface area contributed by atoms with Gasteiger partial charge in [0.05, 0.1) is 11.7 Å². The second kappa shape index (κ2) is 7.56. The van der Waals surface area contributed by atoms with Crippen molar-refractivity contribution in [1.82, 2.24) is 0 Å². The minimum atomic E-state index is -0.498. The number of fused-ring (bicyclic) bond motifs is 5. The van der Waals surface area contributed by atoms with E-state index in [1.54, 1.807) is 0 Å². The predicted octanol–water partition coefficient (Wildman–Crippen LogP) is 6.34. The minimum absolute atomic E-state index is 0.0248. The Kier molecular flexibility index (Phi) is 5.71. The zero-order valence-corrected chi connectivity index (χ0v) is 19.1. The van der Waals surface area contributed by atoms with E-state index < -0.39 is 5.60 Å². The van der Waals surface area contributed by atoms with Gasteiger partial charge in [-0.15, -0.1) is 0 Å². The normalized spacial score (nSPS) is 48.6. The van der Waals surface area contributed by atoms with Crippen LogP contribution in [0, 0.1) is 40.4 Å². The highest BCUT2D eigenvalue weighted by Gasteiger charge is 2.59. The van der Waals surface area contributed by atoms with Crippen molar-refractivity contribution >= 4 is 0 Å². The zero-order valence-electron chi connectivity index (χ0n) is 19.1. The quantitative estimate of drug-likeness (QED) is 0.538. The van der Waals surface area contributed by atoms with Crippen molar-refractivity contribution in [2.75, 3.05) is 0 Å². The van der Waals surface area contributed by atoms with Crippen molar-refractivity contribution in [3.05, 3.63) is 0 Å². The molecule has 2 nitrogen and oxygen atoms in total. The Morgan fingerprint density at radius 1 is 0.857 bits per heavy atom. The molecule has 28 heavy (non-hydrogen) atoms. The molecule has 0 heterocycles. The van der Waals surface area contributed by atoms with E-state index in [1.165, 1.54) is 64.2 Å². The van der Waals surface area contributed by atoms with Crippen LogP contribution in [-0.4, -0.2) is 21.9 Å². The van der Waals surface area contributed by atoms with Gasteiger partial charge in [0, 0.05) is 0 Å². The van der Waals surface area contributed by atoms with E-state index in [9.17, 15) is 10.2 Å². The monoisotopic (exact) mass is 390 g/mol. The van der Waals surface area contributed by atoms with E-state index in [1.807, 2.05) is 13.8 Å². The molecule has 0 bridgehead atoms. The van der Waals surface area contributed by atoms with Crippen molar-refractivity contribution < 1.29 is 10.2 Å². The van der Waals surface area contributed by atoms with Gasteiger partial charge in [0.2, 0.25) is 0 Å². The van der Waals surface area contributed by atoms with Gasteiger partial charge in [0.25, 0.3) is 0 Å². The molecule has 2 heteroatoms. The summed E-state index contributed by atoms with van der Waals surface area (Å²) in [7, 11) is 0. The highest BCUT2D eigenvalue weighted by molar-refractivity contribution is 5.09. The van der Waals surface area contributed by atoms with Crippen molar-refractivity contribution in [1.29, 1.82) is 0 Å². The summed E-state index contributed by atoms with van der Waals surface area (Å²) in [5.41, 5.74) is 0.587. The van der Waals surface area contributed by atoms with Crippen LogP contribution in [-0.2, 0) is 0 Å². The number of hydrogen-bond donors (Lipinski definition) is 2. The fraction of sp³-hybridized carbons (Fsp3) is 1.00. The first-order chi connectivity index (χ1) is 13.1. The van der Waals surface area contributed by atoms with E-state index in [0.29, 0.717) is 10.8 Å². The number of aliphatic hydroxyl groups is 2. The molecule has 0 aromatic rings. The summed E-state index contributed by atoms with van der Waals surface area (Å²) >= 11 is 0. The van der Waals surface area contributed by atoms with Crippen LogP contribution >= 0.6 is 0 Å². The highest BCUT2D eigenvalue weighted by Crippen LogP contribution is 2.67. The van der Waals surface area contributed by atoms with Crippen molar-refractivity contribution in [2.24, 2.45) is 40.4 Å². The smallest absolute Gasteiger partial charge is 0.0591 e. The fourth-order valence-corrected chi connectivity index (χ4v) is 8.77. The van der Waals surface area contributed by atoms with Gasteiger partial charge in [0.15, 0.2) is 0 Å². The van der Waals surface area contributed by atoms with Gasteiger partial charge in [-0.1, -0.05) is 26.7 Å². The number of rotatable bonds is 5. The molecule has 5 unspecified atom stereocenters. The zero-order chi connectivity index (χ0) is 20.2. The molecule has 4 aliphatic carbocycles. The Balaban J connectivity index is 1.41. The molecule has 4 fully saturated rings. The molecule has 0 aromatic heterocycles. The lowest BCUT2D eigenvalue weighted by molar-refractivity contribution is -0.127. The SMILES string of the molecule is CC(C)(O)CCCC[C@H]1CCC2[C@@H]3CCC4C[C@@H](O)CCC4(C)C3CCC21C. The molecule has 8 atom stereocenters. The Bertz CT molecular complexity index is 551. The summed E-state index contributed by atoms with van der Waals surface area (Å²) in [4.78, 5) is 0. The fourth-order valence-electron chi connectivity index (χ4n) is 8.77. The van der Waals surface area contributed by atoms with Gasteiger partial charge in [0.1, 0.15) is 0 Å². The first-order valence-corrected chi connectivity index (χ1v) is 12.5. The summed E-state index contributed by atoms with van der Waals surface area (Å²) in [6, 6.07) is 0. The van der Waals surface area contributed by atoms with Crippen LogP contribution in [0.4, 0.5) is 0 Å². The van der Waals surface area contributed by atoms with Gasteiger partial charge in [-0.25, -0.2) is 0 Å². The molecule has 0 aromatic carbocycles. The molecule has 0 aliphatic heterocycles. The molecule has 0 saturated heterocycles. The average molecular weight is 391 g/mol. The lowest BCUT2D eigenvalue weighted by atomic mass is 9.44. The first kappa shape index (κ1) is 21.2. The topological polar surface area (TPSA) is 40.5 Å². The maximum Gasteiger partial charge on any atom is 0.0591 e. The molecule has 4 rings (SSSR count). The second-order valence-electron chi connectivity index (χ2n) is 12.5. The number of unbranched alkanes of at least 4 members (excludes halogenated alkanes) is 1. The molecule has 0 amide bonds. The van der Waals surface area contributed by atoms with Gasteiger partial charge < -0.3 is 10.2 Å². The third-order valence-electron chi connectivity index (χ3n) is 10.4. The van der Waals surface area contributed by atoms with E-state index in [0.717, 1.165) is 48.9 Å². The summed E-state index contributed by atoms with van der Waals surface area (Å²) < 4.78 is 0. The van der Waals surface area contributed by atoms with E-state index in [2.05, 4.69) is 13.8 Å². The Morgan fingerprint density at radius 2 is 1.57 bits per heavy atom. The van der Waals surface area contributed by atoms with Crippen LogP contribution in [0.2, 0.25) is 0 Å². The van der Waals surface area contributed by atoms with Crippen LogP contribution in [0.1, 0.15) is 111 Å². The predicted molar refractivity (Wildman–Crippen MR) is 116 cm³/mol. The van der Waals surface area contributed by atoms with Crippen LogP contribution in [0.5, 0.6) is 0 Å². The van der Waals surface area contributed by atoms with Gasteiger partial charge in [-0.2, -0.15) is 0 Å². The molecular formula is C26H46O2. The molecule has 0 radical (unpaired) electrons. The van der Waals surface area contributed by atoms with E-state index in [4.69, 9.17) is 0 Å². The molecule has 4 aliphatic rings. The standard InChI is InChI=1S/C26H46O2/c1-24(2,28)14-6-5-7-18-9-11-22-21-10-8-19-17-20(27)12-15-26(19,4)23(21)13-16-25(18,22)3/h18-23,27-28H,5-17H2,1-4H3/t18-,19?,20-,21-,22?,23?,25?,26?/m0/s1. The summed E-state index contributed by atoms with van der Waals surface area (Å²) in [6.07, 6.45) is 16.8. The Labute approximate surface area is 173 Å². The third kappa shape index (κ3) is 3.70. The summed E-state index contributed by atoms with van der Waals surface area (Å²) in [5, 5.41) is 20.2. The average Bonchev–Trinajstić information content (AvgIpc) is 2.95. The molecule has 0 spiro atoms. The van der Waals surface area contributed by atoms with Crippen molar-refractivity contribution in [2.45, 2.75) is 123 Å². The maximum absolute atomic E-state index is 10.2. The number of aliphatic hydroxyl groups excluding tert-OH is 1.